The summed E-state index contributed by atoms with van der Waals surface area (Å²) < 4.78 is 5.40. The molecule has 0 radical (unpaired) electrons. The lowest BCUT2D eigenvalue weighted by Crippen LogP contribution is -2.40. The van der Waals surface area contributed by atoms with Crippen molar-refractivity contribution in [2.24, 2.45) is 4.99 Å². The van der Waals surface area contributed by atoms with E-state index in [1.54, 1.807) is 26.1 Å². The molecule has 0 heterocycles. The normalized spacial score (nSPS) is 11.0. The highest BCUT2D eigenvalue weighted by Crippen LogP contribution is 2.17. The molecule has 2 rings (SSSR count). The Balaban J connectivity index is 1.91. The van der Waals surface area contributed by atoms with Gasteiger partial charge in [-0.3, -0.25) is 4.79 Å². The van der Waals surface area contributed by atoms with E-state index in [9.17, 15) is 4.79 Å². The van der Waals surface area contributed by atoms with Gasteiger partial charge in [0.05, 0.1) is 7.11 Å². The van der Waals surface area contributed by atoms with Crippen LogP contribution in [0, 0.1) is 0 Å². The molecule has 0 aromatic heterocycles. The Morgan fingerprint density at radius 3 is 2.29 bits per heavy atom. The van der Waals surface area contributed by atoms with Crippen molar-refractivity contribution in [1.82, 2.24) is 15.5 Å². The van der Waals surface area contributed by atoms with Gasteiger partial charge in [-0.15, -0.1) is 0 Å². The maximum absolute atomic E-state index is 11.9. The van der Waals surface area contributed by atoms with Crippen molar-refractivity contribution in [2.75, 3.05) is 40.8 Å². The summed E-state index contributed by atoms with van der Waals surface area (Å²) in [4.78, 5) is 17.8. The topological polar surface area (TPSA) is 66.0 Å². The molecule has 1 amide bonds. The van der Waals surface area contributed by atoms with Crippen LogP contribution in [0.3, 0.4) is 0 Å². The molecule has 0 saturated heterocycles. The van der Waals surface area contributed by atoms with Crippen LogP contribution in [0.1, 0.15) is 11.1 Å². The smallest absolute Gasteiger partial charge is 0.243 e. The summed E-state index contributed by atoms with van der Waals surface area (Å²) >= 11 is 0. The predicted molar refractivity (Wildman–Crippen MR) is 114 cm³/mol. The minimum atomic E-state index is -0.0334. The minimum Gasteiger partial charge on any atom is -0.496 e. The molecule has 150 valence electrons. The number of carbonyl (C=O) groups is 1. The summed E-state index contributed by atoms with van der Waals surface area (Å²) in [5, 5.41) is 6.63. The van der Waals surface area contributed by atoms with Crippen LogP contribution in [0.5, 0.6) is 5.75 Å². The molecule has 0 aliphatic rings. The van der Waals surface area contributed by atoms with Gasteiger partial charge in [0.25, 0.3) is 0 Å². The number of carbonyl (C=O) groups excluding carboxylic acids is 1. The number of hydrogen-bond acceptors (Lipinski definition) is 3. The van der Waals surface area contributed by atoms with Gasteiger partial charge in [-0.05, 0) is 30.0 Å². The summed E-state index contributed by atoms with van der Waals surface area (Å²) in [5.74, 6) is 1.48. The number of para-hydroxylation sites is 1. The van der Waals surface area contributed by atoms with Gasteiger partial charge in [-0.25, -0.2) is 4.99 Å². The van der Waals surface area contributed by atoms with Crippen LogP contribution in [0.2, 0.25) is 0 Å². The molecular formula is C22H30N4O2. The first-order valence-corrected chi connectivity index (χ1v) is 9.48. The van der Waals surface area contributed by atoms with Crippen molar-refractivity contribution in [3.8, 4) is 5.75 Å². The Kier molecular flexibility index (Phi) is 8.85. The average Bonchev–Trinajstić information content (AvgIpc) is 2.72. The second-order valence-electron chi connectivity index (χ2n) is 6.60. The van der Waals surface area contributed by atoms with Gasteiger partial charge in [0.1, 0.15) is 12.3 Å². The fourth-order valence-electron chi connectivity index (χ4n) is 2.66. The van der Waals surface area contributed by atoms with Crippen molar-refractivity contribution in [3.63, 3.8) is 0 Å². The van der Waals surface area contributed by atoms with Crippen molar-refractivity contribution >= 4 is 11.9 Å². The number of guanidine groups is 1. The van der Waals surface area contributed by atoms with Gasteiger partial charge < -0.3 is 20.3 Å². The number of nitrogens with zero attached hydrogens (tertiary/aromatic N) is 2. The predicted octanol–water partition coefficient (Wildman–Crippen LogP) is 2.10. The summed E-state index contributed by atoms with van der Waals surface area (Å²) in [6.45, 7) is 1.54. The van der Waals surface area contributed by atoms with E-state index < -0.39 is 0 Å². The molecule has 6 heteroatoms. The van der Waals surface area contributed by atoms with Crippen LogP contribution >= 0.6 is 0 Å². The summed E-state index contributed by atoms with van der Waals surface area (Å²) in [6.07, 6.45) is 1.68. The second kappa shape index (κ2) is 11.6. The standard InChI is InChI=1S/C22H30N4O2/c1-26(2)21(27)17-25-22(23-15-13-18-9-5-4-6-10-18)24-16-14-19-11-7-8-12-20(19)28-3/h4-12H,13-17H2,1-3H3,(H2,23,24,25). The molecule has 0 aliphatic heterocycles. The number of aliphatic imine (C=N–C) groups is 1. The quantitative estimate of drug-likeness (QED) is 0.515. The fourth-order valence-corrected chi connectivity index (χ4v) is 2.66. The van der Waals surface area contributed by atoms with E-state index in [0.717, 1.165) is 30.7 Å². The van der Waals surface area contributed by atoms with Gasteiger partial charge in [-0.2, -0.15) is 0 Å². The number of rotatable bonds is 9. The first-order valence-electron chi connectivity index (χ1n) is 9.48. The molecule has 0 aliphatic carbocycles. The molecule has 6 nitrogen and oxygen atoms in total. The van der Waals surface area contributed by atoms with Gasteiger partial charge >= 0.3 is 0 Å². The van der Waals surface area contributed by atoms with Crippen molar-refractivity contribution in [1.29, 1.82) is 0 Å². The lowest BCUT2D eigenvalue weighted by Gasteiger charge is -2.14. The lowest BCUT2D eigenvalue weighted by molar-refractivity contribution is -0.127. The fraction of sp³-hybridized carbons (Fsp3) is 0.364. The highest BCUT2D eigenvalue weighted by molar-refractivity contribution is 5.84. The summed E-state index contributed by atoms with van der Waals surface area (Å²) in [7, 11) is 5.14. The van der Waals surface area contributed by atoms with E-state index in [1.807, 2.05) is 36.4 Å². The molecule has 2 N–H and O–H groups in total. The van der Waals surface area contributed by atoms with Gasteiger partial charge in [0.15, 0.2) is 5.96 Å². The minimum absolute atomic E-state index is 0.0334. The monoisotopic (exact) mass is 382 g/mol. The first-order chi connectivity index (χ1) is 13.6. The Bertz CT molecular complexity index is 760. The van der Waals surface area contributed by atoms with Crippen molar-refractivity contribution in [2.45, 2.75) is 12.8 Å². The van der Waals surface area contributed by atoms with E-state index in [1.165, 1.54) is 5.56 Å². The van der Waals surface area contributed by atoms with Crippen LogP contribution in [0.15, 0.2) is 59.6 Å². The largest absolute Gasteiger partial charge is 0.496 e. The highest BCUT2D eigenvalue weighted by atomic mass is 16.5. The number of likely N-dealkylation sites (N-methyl/N-ethyl adjacent to an activating group) is 1. The second-order valence-corrected chi connectivity index (χ2v) is 6.60. The Morgan fingerprint density at radius 1 is 0.964 bits per heavy atom. The number of amides is 1. The molecule has 0 fully saturated rings. The number of methoxy groups -OCH3 is 1. The number of ether oxygens (including phenoxy) is 1. The number of hydrogen-bond donors (Lipinski definition) is 2. The molecule has 28 heavy (non-hydrogen) atoms. The highest BCUT2D eigenvalue weighted by Gasteiger charge is 2.06. The first kappa shape index (κ1) is 21.3. The van der Waals surface area contributed by atoms with E-state index in [4.69, 9.17) is 4.74 Å². The van der Waals surface area contributed by atoms with Crippen molar-refractivity contribution in [3.05, 3.63) is 65.7 Å². The summed E-state index contributed by atoms with van der Waals surface area (Å²) in [5.41, 5.74) is 2.39. The number of nitrogens with one attached hydrogen (secondary N) is 2. The maximum Gasteiger partial charge on any atom is 0.243 e. The SMILES string of the molecule is COc1ccccc1CCNC(=NCC(=O)N(C)C)NCCc1ccccc1. The molecular weight excluding hydrogens is 352 g/mol. The maximum atomic E-state index is 11.9. The van der Waals surface area contributed by atoms with Crippen LogP contribution < -0.4 is 15.4 Å². The molecule has 0 spiro atoms. The van der Waals surface area contributed by atoms with Crippen LogP contribution in [-0.2, 0) is 17.6 Å². The molecule has 0 unspecified atom stereocenters. The van der Waals surface area contributed by atoms with Gasteiger partial charge in [0.2, 0.25) is 5.91 Å². The Morgan fingerprint density at radius 2 is 1.61 bits per heavy atom. The van der Waals surface area contributed by atoms with Crippen LogP contribution in [-0.4, -0.2) is 57.6 Å². The molecule has 2 aromatic carbocycles. The van der Waals surface area contributed by atoms with Gasteiger partial charge in [0, 0.05) is 27.2 Å². The van der Waals surface area contributed by atoms with E-state index >= 15 is 0 Å². The van der Waals surface area contributed by atoms with Crippen LogP contribution in [0.25, 0.3) is 0 Å². The van der Waals surface area contributed by atoms with E-state index in [0.29, 0.717) is 12.5 Å². The third-order valence-corrected chi connectivity index (χ3v) is 4.30. The molecule has 2 aromatic rings. The van der Waals surface area contributed by atoms with Crippen molar-refractivity contribution < 1.29 is 9.53 Å². The Hall–Kier alpha value is -3.02. The third-order valence-electron chi connectivity index (χ3n) is 4.30. The average molecular weight is 383 g/mol. The molecule has 0 atom stereocenters. The zero-order chi connectivity index (χ0) is 20.2. The zero-order valence-corrected chi connectivity index (χ0v) is 16.9. The lowest BCUT2D eigenvalue weighted by atomic mass is 10.1. The Labute approximate surface area is 167 Å². The molecule has 0 bridgehead atoms. The summed E-state index contributed by atoms with van der Waals surface area (Å²) in [6, 6.07) is 18.2. The van der Waals surface area contributed by atoms with E-state index in [-0.39, 0.29) is 12.5 Å². The molecule has 0 saturated carbocycles. The zero-order valence-electron chi connectivity index (χ0n) is 16.9. The van der Waals surface area contributed by atoms with Gasteiger partial charge in [-0.1, -0.05) is 48.5 Å². The van der Waals surface area contributed by atoms with E-state index in [2.05, 4.69) is 33.8 Å². The number of benzene rings is 2. The van der Waals surface area contributed by atoms with Crippen LogP contribution in [0.4, 0.5) is 0 Å². The third kappa shape index (κ3) is 7.31.